The minimum absolute atomic E-state index is 0. The minimum atomic E-state index is 0. The van der Waals surface area contributed by atoms with Crippen molar-refractivity contribution in [3.05, 3.63) is 84.5 Å². The van der Waals surface area contributed by atoms with Crippen LogP contribution in [-0.4, -0.2) is 0 Å². The molecule has 0 rings (SSSR count). The van der Waals surface area contributed by atoms with Gasteiger partial charge in [0.15, 0.2) is 0 Å². The van der Waals surface area contributed by atoms with Gasteiger partial charge in [-0.05, 0) is 0 Å². The van der Waals surface area contributed by atoms with E-state index in [1.165, 1.54) is 24.3 Å². The van der Waals surface area contributed by atoms with Gasteiger partial charge in [-0.2, -0.15) is 0 Å². The molecule has 0 spiro atoms. The van der Waals surface area contributed by atoms with Crippen molar-refractivity contribution in [3.63, 3.8) is 0 Å². The van der Waals surface area contributed by atoms with Crippen LogP contribution in [0.1, 0.15) is 0 Å². The molecule has 0 aromatic rings. The molecule has 0 amide bonds. The Morgan fingerprint density at radius 2 is 0.571 bits per heavy atom. The van der Waals surface area contributed by atoms with Crippen molar-refractivity contribution in [1.82, 2.24) is 0 Å². The maximum Gasteiger partial charge on any atom is 0 e. The molecule has 14 heavy (non-hydrogen) atoms. The van der Waals surface area contributed by atoms with Gasteiger partial charge in [-0.1, -0.05) is 0 Å². The first-order valence-electron chi connectivity index (χ1n) is 3.27. The van der Waals surface area contributed by atoms with Crippen LogP contribution in [0.15, 0.2) is 50.6 Å². The molecule has 2 heteroatoms. The molecule has 0 aromatic carbocycles. The average molecular weight is 359 g/mol. The van der Waals surface area contributed by atoms with E-state index < -0.39 is 0 Å². The number of nitrogens with two attached hydrogens (primary N) is 1. The van der Waals surface area contributed by atoms with Crippen molar-refractivity contribution < 1.29 is 25.8 Å². The number of hydrogen-bond acceptors (Lipinski definition) is 0. The summed E-state index contributed by atoms with van der Waals surface area (Å²) < 4.78 is 0. The molecule has 0 radical (unpaired) electrons. The van der Waals surface area contributed by atoms with E-state index in [9.17, 15) is 0 Å². The van der Waals surface area contributed by atoms with Crippen molar-refractivity contribution >= 4 is 0 Å². The van der Waals surface area contributed by atoms with Crippen LogP contribution in [0, 0.1) is 27.7 Å². The predicted octanol–water partition coefficient (Wildman–Crippen LogP) is 4.74. The molecule has 0 heterocycles. The molecule has 1 nitrogen and oxygen atoms in total. The summed E-state index contributed by atoms with van der Waals surface area (Å²) >= 11 is 0. The minimum Gasteiger partial charge on any atom is -0.693 e. The zero-order chi connectivity index (χ0) is 10.8. The van der Waals surface area contributed by atoms with E-state index in [-0.39, 0.29) is 32.0 Å². The van der Waals surface area contributed by atoms with Crippen LogP contribution in [0.2, 0.25) is 0 Å². The van der Waals surface area contributed by atoms with E-state index >= 15 is 0 Å². The molecule has 0 saturated carbocycles. The Kier molecular flexibility index (Phi) is 393. The fourth-order valence-electron chi connectivity index (χ4n) is 0. The third-order valence-electron chi connectivity index (χ3n) is 0. The summed E-state index contributed by atoms with van der Waals surface area (Å²) in [6, 6.07) is 0. The van der Waals surface area contributed by atoms with E-state index in [2.05, 4.69) is 54.0 Å². The van der Waals surface area contributed by atoms with E-state index in [1.54, 1.807) is 0 Å². The first-order chi connectivity index (χ1) is 5.66. The van der Waals surface area contributed by atoms with Gasteiger partial charge in [0, 0.05) is 25.8 Å². The molecule has 0 bridgehead atoms. The van der Waals surface area contributed by atoms with Crippen LogP contribution in [0.25, 0.3) is 6.15 Å². The Labute approximate surface area is 110 Å². The SMILES string of the molecule is C=C[CH2-].C=C[CH2-].C=C[CH2-].C=C[CH2-].[Hf].[NH2-]. The summed E-state index contributed by atoms with van der Waals surface area (Å²) in [6.45, 7) is 26.0. The molecule has 0 fully saturated rings. The van der Waals surface area contributed by atoms with Crippen molar-refractivity contribution in [1.29, 1.82) is 0 Å². The van der Waals surface area contributed by atoms with Crippen LogP contribution in [0.5, 0.6) is 0 Å². The normalized spacial score (nSPS) is 3.43. The quantitative estimate of drug-likeness (QED) is 0.442. The second-order valence-corrected chi connectivity index (χ2v) is 1.15. The largest absolute Gasteiger partial charge is 0.693 e. The van der Waals surface area contributed by atoms with Crippen LogP contribution in [-0.2, 0) is 25.8 Å². The van der Waals surface area contributed by atoms with E-state index in [4.69, 9.17) is 0 Å². The van der Waals surface area contributed by atoms with Crippen LogP contribution < -0.4 is 0 Å². The second kappa shape index (κ2) is 146. The van der Waals surface area contributed by atoms with Gasteiger partial charge in [0.2, 0.25) is 0 Å². The van der Waals surface area contributed by atoms with Gasteiger partial charge in [0.05, 0.1) is 0 Å². The van der Waals surface area contributed by atoms with Gasteiger partial charge >= 0.3 is 0 Å². The molecule has 0 aliphatic heterocycles. The Balaban J connectivity index is -0.0000000145. The van der Waals surface area contributed by atoms with Gasteiger partial charge in [-0.25, -0.2) is 78.3 Å². The number of allylic oxidation sites excluding steroid dienone is 4. The van der Waals surface area contributed by atoms with Crippen molar-refractivity contribution in [2.24, 2.45) is 0 Å². The Morgan fingerprint density at radius 1 is 0.571 bits per heavy atom. The number of rotatable bonds is 0. The monoisotopic (exact) mass is 360 g/mol. The molecule has 0 saturated heterocycles. The summed E-state index contributed by atoms with van der Waals surface area (Å²) in [6.07, 6.45) is 6.00. The van der Waals surface area contributed by atoms with Crippen molar-refractivity contribution in [2.45, 2.75) is 0 Å². The maximum absolute atomic E-state index is 3.25. The summed E-state index contributed by atoms with van der Waals surface area (Å²) in [5, 5.41) is 0. The first-order valence-corrected chi connectivity index (χ1v) is 3.27. The van der Waals surface area contributed by atoms with E-state index in [1.807, 2.05) is 0 Å². The summed E-state index contributed by atoms with van der Waals surface area (Å²) in [5.41, 5.74) is 0. The molecular weight excluding hydrogens is 337 g/mol. The van der Waals surface area contributed by atoms with Crippen LogP contribution in [0.3, 0.4) is 0 Å². The summed E-state index contributed by atoms with van der Waals surface area (Å²) in [4.78, 5) is 0. The van der Waals surface area contributed by atoms with E-state index in [0.29, 0.717) is 0 Å². The van der Waals surface area contributed by atoms with Gasteiger partial charge in [-0.15, -0.1) is 0 Å². The number of hydrogen-bond donors (Lipinski definition) is 0. The molecule has 2 N–H and O–H groups in total. The van der Waals surface area contributed by atoms with Crippen LogP contribution in [0.4, 0.5) is 0 Å². The molecular formula is C12H22HfN-5. The van der Waals surface area contributed by atoms with Gasteiger partial charge in [0.25, 0.3) is 0 Å². The fraction of sp³-hybridized carbons (Fsp3) is 0. The zero-order valence-electron chi connectivity index (χ0n) is 9.04. The molecule has 0 aliphatic rings. The maximum atomic E-state index is 3.25. The third-order valence-corrected chi connectivity index (χ3v) is 0. The Bertz CT molecular complexity index is 64.3. The smallest absolute Gasteiger partial charge is 0 e. The van der Waals surface area contributed by atoms with Gasteiger partial charge in [-0.3, -0.25) is 0 Å². The molecule has 0 unspecified atom stereocenters. The standard InChI is InChI=1S/4C3H5.Hf.H2N/c4*1-3-2;;/h4*3H,1-2H2;;1H2/q4*-1;;-1. The van der Waals surface area contributed by atoms with Crippen molar-refractivity contribution in [3.8, 4) is 0 Å². The topological polar surface area (TPSA) is 33.5 Å². The predicted molar refractivity (Wildman–Crippen MR) is 67.5 cm³/mol. The average Bonchev–Trinajstić information content (AvgIpc) is 1.92. The Morgan fingerprint density at radius 3 is 0.571 bits per heavy atom. The second-order valence-electron chi connectivity index (χ2n) is 1.15. The van der Waals surface area contributed by atoms with E-state index in [0.717, 1.165) is 0 Å². The molecule has 0 atom stereocenters. The summed E-state index contributed by atoms with van der Waals surface area (Å²) in [7, 11) is 0. The first kappa shape index (κ1) is 37.8. The van der Waals surface area contributed by atoms with Crippen molar-refractivity contribution in [2.75, 3.05) is 0 Å². The molecule has 84 valence electrons. The third kappa shape index (κ3) is 2230. The van der Waals surface area contributed by atoms with Crippen LogP contribution >= 0.6 is 0 Å². The van der Waals surface area contributed by atoms with Gasteiger partial charge < -0.3 is 6.15 Å². The molecule has 0 aliphatic carbocycles. The molecule has 0 aromatic heterocycles. The zero-order valence-corrected chi connectivity index (χ0v) is 12.6. The Hall–Kier alpha value is -0.730. The van der Waals surface area contributed by atoms with Gasteiger partial charge in [0.1, 0.15) is 0 Å². The summed E-state index contributed by atoms with van der Waals surface area (Å²) in [5.74, 6) is 0. The fourth-order valence-corrected chi connectivity index (χ4v) is 0.